The number of hydrogen-bond acceptors (Lipinski definition) is 2. The molecule has 26 heavy (non-hydrogen) atoms. The number of carbonyl (C=O) groups is 1. The van der Waals surface area contributed by atoms with Gasteiger partial charge in [-0.3, -0.25) is 4.79 Å². The van der Waals surface area contributed by atoms with E-state index in [0.29, 0.717) is 5.92 Å². The van der Waals surface area contributed by atoms with Crippen LogP contribution in [0.3, 0.4) is 0 Å². The van der Waals surface area contributed by atoms with Gasteiger partial charge in [0.25, 0.3) is 0 Å². The molecule has 0 bridgehead atoms. The molecular formula is C23H31NO2. The molecule has 3 heteroatoms. The molecule has 0 aliphatic carbocycles. The largest absolute Gasteiger partial charge is 0.493 e. The zero-order valence-electron chi connectivity index (χ0n) is 16.0. The molecule has 0 atom stereocenters. The molecule has 1 amide bonds. The molecule has 0 radical (unpaired) electrons. The van der Waals surface area contributed by atoms with Gasteiger partial charge in [0.2, 0.25) is 5.91 Å². The molecular weight excluding hydrogens is 322 g/mol. The lowest BCUT2D eigenvalue weighted by Gasteiger charge is -2.03. The molecule has 3 nitrogen and oxygen atoms in total. The van der Waals surface area contributed by atoms with Crippen LogP contribution in [-0.2, 0) is 17.6 Å². The number of unbranched alkanes of at least 4 members (excludes halogenated alkanes) is 2. The van der Waals surface area contributed by atoms with Crippen LogP contribution < -0.4 is 10.1 Å². The van der Waals surface area contributed by atoms with Crippen molar-refractivity contribution in [2.24, 2.45) is 5.92 Å². The molecule has 1 aliphatic heterocycles. The van der Waals surface area contributed by atoms with Gasteiger partial charge in [-0.1, -0.05) is 56.4 Å². The van der Waals surface area contributed by atoms with Crippen LogP contribution in [0.5, 0.6) is 5.75 Å². The van der Waals surface area contributed by atoms with Gasteiger partial charge in [-0.15, -0.1) is 0 Å². The SMILES string of the molecule is CC(C)CNC(=O)/C=C/C=C/CCC/C=C/Cc1ccc2c(c1)CCO2. The average Bonchev–Trinajstić information content (AvgIpc) is 3.09. The average molecular weight is 354 g/mol. The van der Waals surface area contributed by atoms with Gasteiger partial charge < -0.3 is 10.1 Å². The van der Waals surface area contributed by atoms with E-state index in [1.807, 2.05) is 12.2 Å². The van der Waals surface area contributed by atoms with Crippen LogP contribution >= 0.6 is 0 Å². The van der Waals surface area contributed by atoms with Gasteiger partial charge >= 0.3 is 0 Å². The summed E-state index contributed by atoms with van der Waals surface area (Å²) in [5, 5.41) is 2.86. The maximum absolute atomic E-state index is 11.5. The van der Waals surface area contributed by atoms with Crippen molar-refractivity contribution in [3.63, 3.8) is 0 Å². The Morgan fingerprint density at radius 3 is 2.88 bits per heavy atom. The molecule has 0 fully saturated rings. The first-order valence-electron chi connectivity index (χ1n) is 9.66. The Morgan fingerprint density at radius 1 is 1.19 bits per heavy atom. The molecule has 0 unspecified atom stereocenters. The standard InChI is InChI=1S/C23H31NO2/c1-19(2)18-24-23(25)12-10-8-6-4-3-5-7-9-11-20-13-14-22-21(17-20)15-16-26-22/h6-10,12-14,17,19H,3-5,11,15-16,18H2,1-2H3,(H,24,25)/b8-6+,9-7+,12-10+. The van der Waals surface area contributed by atoms with Gasteiger partial charge in [-0.05, 0) is 48.8 Å². The fourth-order valence-electron chi connectivity index (χ4n) is 2.74. The maximum atomic E-state index is 11.5. The molecule has 1 aromatic rings. The van der Waals surface area contributed by atoms with Gasteiger partial charge in [-0.25, -0.2) is 0 Å². The van der Waals surface area contributed by atoms with Gasteiger partial charge in [0.05, 0.1) is 6.61 Å². The lowest BCUT2D eigenvalue weighted by Crippen LogP contribution is -2.25. The third-order valence-electron chi connectivity index (χ3n) is 4.20. The first-order valence-corrected chi connectivity index (χ1v) is 9.66. The number of amides is 1. The van der Waals surface area contributed by atoms with E-state index in [1.165, 1.54) is 11.1 Å². The van der Waals surface area contributed by atoms with E-state index in [2.05, 4.69) is 55.6 Å². The van der Waals surface area contributed by atoms with Crippen LogP contribution in [0.15, 0.2) is 54.7 Å². The number of allylic oxidation sites excluding steroid dienone is 5. The summed E-state index contributed by atoms with van der Waals surface area (Å²) in [5.41, 5.74) is 2.69. The van der Waals surface area contributed by atoms with Crippen LogP contribution in [0, 0.1) is 5.92 Å². The van der Waals surface area contributed by atoms with Crippen LogP contribution in [0.1, 0.15) is 44.2 Å². The fraction of sp³-hybridized carbons (Fsp3) is 0.435. The highest BCUT2D eigenvalue weighted by Crippen LogP contribution is 2.26. The normalized spacial score (nSPS) is 13.8. The lowest BCUT2D eigenvalue weighted by atomic mass is 10.1. The minimum atomic E-state index is -0.0237. The van der Waals surface area contributed by atoms with E-state index in [-0.39, 0.29) is 5.91 Å². The second-order valence-electron chi connectivity index (χ2n) is 7.07. The van der Waals surface area contributed by atoms with Crippen LogP contribution in [0.25, 0.3) is 0 Å². The van der Waals surface area contributed by atoms with E-state index < -0.39 is 0 Å². The van der Waals surface area contributed by atoms with Crippen molar-refractivity contribution in [1.29, 1.82) is 0 Å². The molecule has 1 aliphatic rings. The Balaban J connectivity index is 1.54. The first kappa shape index (κ1) is 20.0. The van der Waals surface area contributed by atoms with Crippen molar-refractivity contribution in [2.75, 3.05) is 13.2 Å². The highest BCUT2D eigenvalue weighted by Gasteiger charge is 2.11. The van der Waals surface area contributed by atoms with Crippen molar-refractivity contribution in [2.45, 2.75) is 46.0 Å². The van der Waals surface area contributed by atoms with E-state index in [4.69, 9.17) is 4.74 Å². The summed E-state index contributed by atoms with van der Waals surface area (Å²) < 4.78 is 5.53. The van der Waals surface area contributed by atoms with Crippen molar-refractivity contribution < 1.29 is 9.53 Å². The Labute approximate surface area is 157 Å². The van der Waals surface area contributed by atoms with Crippen molar-refractivity contribution in [3.05, 3.63) is 65.8 Å². The number of carbonyl (C=O) groups excluding carboxylic acids is 1. The summed E-state index contributed by atoms with van der Waals surface area (Å²) in [4.78, 5) is 11.5. The van der Waals surface area contributed by atoms with Crippen LogP contribution in [0.2, 0.25) is 0 Å². The summed E-state index contributed by atoms with van der Waals surface area (Å²) in [6.45, 7) is 5.70. The number of benzene rings is 1. The molecule has 1 N–H and O–H groups in total. The summed E-state index contributed by atoms with van der Waals surface area (Å²) in [5.74, 6) is 1.51. The second kappa shape index (κ2) is 11.3. The predicted molar refractivity (Wildman–Crippen MR) is 108 cm³/mol. The number of rotatable bonds is 10. The van der Waals surface area contributed by atoms with Crippen LogP contribution in [-0.4, -0.2) is 19.1 Å². The lowest BCUT2D eigenvalue weighted by molar-refractivity contribution is -0.116. The fourth-order valence-corrected chi connectivity index (χ4v) is 2.74. The van der Waals surface area contributed by atoms with E-state index in [0.717, 1.165) is 51.0 Å². The number of hydrogen-bond donors (Lipinski definition) is 1. The van der Waals surface area contributed by atoms with Gasteiger partial charge in [0, 0.05) is 19.0 Å². The summed E-state index contributed by atoms with van der Waals surface area (Å²) in [7, 11) is 0. The molecule has 0 saturated heterocycles. The Bertz CT molecular complexity index is 656. The molecule has 140 valence electrons. The minimum absolute atomic E-state index is 0.0237. The first-order chi connectivity index (χ1) is 12.6. The maximum Gasteiger partial charge on any atom is 0.243 e. The molecule has 0 aromatic heterocycles. The molecule has 0 spiro atoms. The molecule has 0 saturated carbocycles. The van der Waals surface area contributed by atoms with Gasteiger partial charge in [0.1, 0.15) is 5.75 Å². The summed E-state index contributed by atoms with van der Waals surface area (Å²) in [6, 6.07) is 6.51. The molecule has 1 aromatic carbocycles. The Kier molecular flexibility index (Phi) is 8.74. The highest BCUT2D eigenvalue weighted by molar-refractivity contribution is 5.87. The van der Waals surface area contributed by atoms with Crippen molar-refractivity contribution in [1.82, 2.24) is 5.32 Å². The van der Waals surface area contributed by atoms with Gasteiger partial charge in [-0.2, -0.15) is 0 Å². The zero-order valence-corrected chi connectivity index (χ0v) is 16.0. The monoisotopic (exact) mass is 353 g/mol. The quantitative estimate of drug-likeness (QED) is 0.285. The smallest absolute Gasteiger partial charge is 0.243 e. The predicted octanol–water partition coefficient (Wildman–Crippen LogP) is 4.78. The Hall–Kier alpha value is -2.29. The van der Waals surface area contributed by atoms with Crippen molar-refractivity contribution in [3.8, 4) is 5.75 Å². The van der Waals surface area contributed by atoms with Crippen molar-refractivity contribution >= 4 is 5.91 Å². The topological polar surface area (TPSA) is 38.3 Å². The van der Waals surface area contributed by atoms with Gasteiger partial charge in [0.15, 0.2) is 0 Å². The zero-order chi connectivity index (χ0) is 18.6. The Morgan fingerprint density at radius 2 is 2.04 bits per heavy atom. The number of ether oxygens (including phenoxy) is 1. The third-order valence-corrected chi connectivity index (χ3v) is 4.20. The van der Waals surface area contributed by atoms with E-state index >= 15 is 0 Å². The summed E-state index contributed by atoms with van der Waals surface area (Å²) >= 11 is 0. The number of nitrogens with one attached hydrogen (secondary N) is 1. The molecule has 1 heterocycles. The summed E-state index contributed by atoms with van der Waals surface area (Å²) in [6.07, 6.45) is 17.2. The number of fused-ring (bicyclic) bond motifs is 1. The molecule has 2 rings (SSSR count). The van der Waals surface area contributed by atoms with E-state index in [1.54, 1.807) is 6.08 Å². The van der Waals surface area contributed by atoms with Crippen LogP contribution in [0.4, 0.5) is 0 Å². The minimum Gasteiger partial charge on any atom is -0.493 e. The van der Waals surface area contributed by atoms with E-state index in [9.17, 15) is 4.79 Å². The second-order valence-corrected chi connectivity index (χ2v) is 7.07. The third kappa shape index (κ3) is 7.73. The highest BCUT2D eigenvalue weighted by atomic mass is 16.5.